The van der Waals surface area contributed by atoms with Crippen LogP contribution in [0.4, 0.5) is 5.69 Å². The highest BCUT2D eigenvalue weighted by atomic mass is 16.7. The van der Waals surface area contributed by atoms with Crippen molar-refractivity contribution >= 4 is 17.5 Å². The molecule has 43 heavy (non-hydrogen) atoms. The van der Waals surface area contributed by atoms with E-state index in [-0.39, 0.29) is 30.6 Å². The van der Waals surface area contributed by atoms with Crippen LogP contribution in [-0.2, 0) is 16.1 Å². The quantitative estimate of drug-likeness (QED) is 0.372. The first kappa shape index (κ1) is 28.4. The van der Waals surface area contributed by atoms with E-state index in [0.717, 1.165) is 42.7 Å². The molecule has 4 heterocycles. The minimum absolute atomic E-state index is 0.00185. The lowest BCUT2D eigenvalue weighted by Gasteiger charge is -2.39. The molecule has 8 heteroatoms. The molecular weight excluding hydrogens is 542 g/mol. The number of benzene rings is 3. The van der Waals surface area contributed by atoms with Crippen LogP contribution >= 0.6 is 0 Å². The highest BCUT2D eigenvalue weighted by molar-refractivity contribution is 6.34. The summed E-state index contributed by atoms with van der Waals surface area (Å²) >= 11 is 0. The lowest BCUT2D eigenvalue weighted by molar-refractivity contribution is -0.253. The van der Waals surface area contributed by atoms with Gasteiger partial charge >= 0.3 is 0 Å². The number of carbonyl (C=O) groups excluding carboxylic acids is 2. The number of nitrogens with zero attached hydrogens (tertiary/aromatic N) is 3. The van der Waals surface area contributed by atoms with Crippen molar-refractivity contribution in [3.8, 4) is 0 Å². The second kappa shape index (κ2) is 12.3. The maximum Gasteiger partial charge on any atom is 0.266 e. The van der Waals surface area contributed by atoms with Crippen molar-refractivity contribution in [2.24, 2.45) is 0 Å². The van der Waals surface area contributed by atoms with Gasteiger partial charge in [-0.05, 0) is 80.7 Å². The van der Waals surface area contributed by atoms with Gasteiger partial charge in [-0.15, -0.1) is 0 Å². The number of carbonyl (C=O) groups is 2. The Bertz CT molecular complexity index is 1440. The largest absolute Gasteiger partial charge is 0.392 e. The van der Waals surface area contributed by atoms with Crippen LogP contribution in [-0.4, -0.2) is 71.6 Å². The number of imide groups is 1. The number of fused-ring (bicyclic) bond motifs is 1. The SMILES string of the molecule is O=C1c2ccccc2C(=O)N1c1cccc([C@H]2O[C@@H](CN3CCC[C@H]3CN3CCCC3)C[C@@H](c3ccc(CO)cc3)O2)c1. The summed E-state index contributed by atoms with van der Waals surface area (Å²) in [7, 11) is 0. The molecular formula is C35H39N3O5. The first-order valence-electron chi connectivity index (χ1n) is 15.6. The zero-order valence-corrected chi connectivity index (χ0v) is 24.4. The van der Waals surface area contributed by atoms with Crippen LogP contribution < -0.4 is 4.90 Å². The second-order valence-electron chi connectivity index (χ2n) is 12.2. The van der Waals surface area contributed by atoms with Crippen molar-refractivity contribution in [1.29, 1.82) is 0 Å². The number of aliphatic hydroxyl groups is 1. The lowest BCUT2D eigenvalue weighted by Crippen LogP contribution is -2.45. The molecule has 224 valence electrons. The zero-order chi connectivity index (χ0) is 29.3. The van der Waals surface area contributed by atoms with Gasteiger partial charge in [0.1, 0.15) is 0 Å². The van der Waals surface area contributed by atoms with E-state index >= 15 is 0 Å². The van der Waals surface area contributed by atoms with Gasteiger partial charge in [0.2, 0.25) is 0 Å². The molecule has 0 saturated carbocycles. The zero-order valence-electron chi connectivity index (χ0n) is 24.4. The summed E-state index contributed by atoms with van der Waals surface area (Å²) in [5, 5.41) is 9.56. The topological polar surface area (TPSA) is 82.6 Å². The van der Waals surface area contributed by atoms with Crippen LogP contribution in [0.5, 0.6) is 0 Å². The monoisotopic (exact) mass is 581 g/mol. The molecule has 1 N–H and O–H groups in total. The van der Waals surface area contributed by atoms with E-state index in [0.29, 0.717) is 22.9 Å². The van der Waals surface area contributed by atoms with Crippen molar-refractivity contribution in [3.05, 3.63) is 101 Å². The summed E-state index contributed by atoms with van der Waals surface area (Å²) in [6.45, 7) is 5.45. The number of hydrogen-bond acceptors (Lipinski definition) is 7. The van der Waals surface area contributed by atoms with Crippen LogP contribution in [0.2, 0.25) is 0 Å². The van der Waals surface area contributed by atoms with Gasteiger partial charge in [-0.25, -0.2) is 4.90 Å². The van der Waals surface area contributed by atoms with Crippen LogP contribution in [0.15, 0.2) is 72.8 Å². The number of ether oxygens (including phenoxy) is 2. The molecule has 3 fully saturated rings. The highest BCUT2D eigenvalue weighted by Crippen LogP contribution is 2.40. The molecule has 3 aromatic rings. The second-order valence-corrected chi connectivity index (χ2v) is 12.2. The summed E-state index contributed by atoms with van der Waals surface area (Å²) in [5.74, 6) is -0.637. The van der Waals surface area contributed by atoms with Crippen LogP contribution in [0.1, 0.15) is 81.9 Å². The van der Waals surface area contributed by atoms with Crippen LogP contribution in [0.25, 0.3) is 0 Å². The van der Waals surface area contributed by atoms with Crippen molar-refractivity contribution in [3.63, 3.8) is 0 Å². The molecule has 4 aliphatic heterocycles. The van der Waals surface area contributed by atoms with E-state index in [1.807, 2.05) is 42.5 Å². The molecule has 2 amide bonds. The number of likely N-dealkylation sites (tertiary alicyclic amines) is 2. The molecule has 4 aliphatic rings. The third-order valence-electron chi connectivity index (χ3n) is 9.41. The molecule has 0 radical (unpaired) electrons. The summed E-state index contributed by atoms with van der Waals surface area (Å²) in [6, 6.07) is 22.8. The summed E-state index contributed by atoms with van der Waals surface area (Å²) < 4.78 is 13.3. The average molecular weight is 582 g/mol. The van der Waals surface area contributed by atoms with E-state index in [4.69, 9.17) is 9.47 Å². The summed E-state index contributed by atoms with van der Waals surface area (Å²) in [6.07, 6.45) is 4.84. The molecule has 0 unspecified atom stereocenters. The Hall–Kier alpha value is -3.40. The Morgan fingerprint density at radius 2 is 1.51 bits per heavy atom. The first-order chi connectivity index (χ1) is 21.1. The Morgan fingerprint density at radius 3 is 2.23 bits per heavy atom. The van der Waals surface area contributed by atoms with Crippen LogP contribution in [0.3, 0.4) is 0 Å². The van der Waals surface area contributed by atoms with Gasteiger partial charge in [-0.2, -0.15) is 0 Å². The van der Waals surface area contributed by atoms with Gasteiger partial charge in [-0.1, -0.05) is 48.5 Å². The van der Waals surface area contributed by atoms with Gasteiger partial charge in [0, 0.05) is 31.1 Å². The predicted octanol–water partition coefficient (Wildman–Crippen LogP) is 5.09. The third kappa shape index (κ3) is 5.78. The van der Waals surface area contributed by atoms with Crippen molar-refractivity contribution in [2.45, 2.75) is 63.3 Å². The standard InChI is InChI=1S/C35H39N3O5/c39-23-24-12-14-25(15-13-24)32-20-29(22-37-18-6-9-28(37)21-36-16-3-4-17-36)42-35(43-32)26-7-5-8-27(19-26)38-33(40)30-10-1-2-11-31(30)34(38)41/h1-2,5,7-8,10-15,19,28-29,32,35,39H,3-4,6,9,16-18,20-23H2/t28-,29+,32-,35-/m0/s1. The maximum atomic E-state index is 13.2. The molecule has 0 aromatic heterocycles. The summed E-state index contributed by atoms with van der Waals surface area (Å²) in [4.78, 5) is 32.9. The number of anilines is 1. The molecule has 8 nitrogen and oxygen atoms in total. The number of rotatable bonds is 8. The fraction of sp³-hybridized carbons (Fsp3) is 0.429. The number of aliphatic hydroxyl groups excluding tert-OH is 1. The van der Waals surface area contributed by atoms with Gasteiger partial charge in [0.25, 0.3) is 11.8 Å². The molecule has 0 aliphatic carbocycles. The minimum atomic E-state index is -0.656. The molecule has 0 bridgehead atoms. The Kier molecular flexibility index (Phi) is 8.12. The normalized spacial score (nSPS) is 26.4. The van der Waals surface area contributed by atoms with E-state index in [2.05, 4.69) is 9.80 Å². The molecule has 0 spiro atoms. The molecule has 3 aromatic carbocycles. The minimum Gasteiger partial charge on any atom is -0.392 e. The van der Waals surface area contributed by atoms with E-state index in [1.54, 1.807) is 30.3 Å². The molecule has 3 saturated heterocycles. The van der Waals surface area contributed by atoms with Crippen LogP contribution in [0, 0.1) is 0 Å². The van der Waals surface area contributed by atoms with Gasteiger partial charge in [0.15, 0.2) is 6.29 Å². The van der Waals surface area contributed by atoms with E-state index in [1.165, 1.54) is 43.7 Å². The van der Waals surface area contributed by atoms with Crippen molar-refractivity contribution < 1.29 is 24.2 Å². The average Bonchev–Trinajstić information content (AvgIpc) is 3.78. The van der Waals surface area contributed by atoms with Gasteiger partial charge in [-0.3, -0.25) is 14.5 Å². The fourth-order valence-corrected chi connectivity index (χ4v) is 7.13. The van der Waals surface area contributed by atoms with Gasteiger partial charge < -0.3 is 19.5 Å². The Morgan fingerprint density at radius 1 is 0.767 bits per heavy atom. The Labute approximate surface area is 252 Å². The highest BCUT2D eigenvalue weighted by Gasteiger charge is 2.39. The first-order valence-corrected chi connectivity index (χ1v) is 15.6. The van der Waals surface area contributed by atoms with Gasteiger partial charge in [0.05, 0.1) is 35.6 Å². The summed E-state index contributed by atoms with van der Waals surface area (Å²) in [5.41, 5.74) is 4.02. The van der Waals surface area contributed by atoms with Crippen molar-refractivity contribution in [2.75, 3.05) is 37.6 Å². The van der Waals surface area contributed by atoms with Crippen molar-refractivity contribution in [1.82, 2.24) is 9.80 Å². The van der Waals surface area contributed by atoms with E-state index in [9.17, 15) is 14.7 Å². The number of amides is 2. The Balaban J connectivity index is 1.14. The fourth-order valence-electron chi connectivity index (χ4n) is 7.13. The number of hydrogen-bond donors (Lipinski definition) is 1. The predicted molar refractivity (Wildman–Crippen MR) is 163 cm³/mol. The smallest absolute Gasteiger partial charge is 0.266 e. The lowest BCUT2D eigenvalue weighted by atomic mass is 9.99. The third-order valence-corrected chi connectivity index (χ3v) is 9.41. The van der Waals surface area contributed by atoms with E-state index < -0.39 is 6.29 Å². The maximum absolute atomic E-state index is 13.2. The molecule has 7 rings (SSSR count). The molecule has 4 atom stereocenters.